The fourth-order valence-electron chi connectivity index (χ4n) is 1.81. The van der Waals surface area contributed by atoms with E-state index in [0.717, 1.165) is 32.7 Å². The van der Waals surface area contributed by atoms with Gasteiger partial charge in [0.05, 0.1) is 13.2 Å². The van der Waals surface area contributed by atoms with Gasteiger partial charge in [-0.15, -0.1) is 0 Å². The molecule has 0 unspecified atom stereocenters. The molecule has 13 heavy (non-hydrogen) atoms. The van der Waals surface area contributed by atoms with E-state index in [1.165, 1.54) is 12.8 Å². The van der Waals surface area contributed by atoms with Crippen LogP contribution in [0.4, 0.5) is 0 Å². The van der Waals surface area contributed by atoms with Gasteiger partial charge in [-0.05, 0) is 25.5 Å². The van der Waals surface area contributed by atoms with Crippen molar-refractivity contribution in [1.29, 1.82) is 0 Å². The van der Waals surface area contributed by atoms with E-state index in [0.29, 0.717) is 0 Å². The highest BCUT2D eigenvalue weighted by Gasteiger charge is 2.08. The summed E-state index contributed by atoms with van der Waals surface area (Å²) >= 11 is 0. The number of allylic oxidation sites excluding steroid dienone is 3. The van der Waals surface area contributed by atoms with Gasteiger partial charge in [0.25, 0.3) is 0 Å². The molecule has 2 nitrogen and oxygen atoms in total. The molecule has 1 aliphatic carbocycles. The molecule has 1 aliphatic heterocycles. The molecule has 1 heterocycles. The molecule has 0 atom stereocenters. The number of hydrogen-bond acceptors (Lipinski definition) is 2. The van der Waals surface area contributed by atoms with Crippen molar-refractivity contribution in [3.05, 3.63) is 23.9 Å². The molecule has 0 saturated carbocycles. The van der Waals surface area contributed by atoms with E-state index in [-0.39, 0.29) is 0 Å². The molecule has 0 spiro atoms. The Kier molecular flexibility index (Phi) is 3.03. The minimum Gasteiger partial charge on any atom is -0.378 e. The molecule has 1 fully saturated rings. The zero-order valence-electron chi connectivity index (χ0n) is 8.04. The molecule has 1 saturated heterocycles. The van der Waals surface area contributed by atoms with Crippen LogP contribution in [-0.4, -0.2) is 31.2 Å². The molecule has 0 aromatic heterocycles. The van der Waals surface area contributed by atoms with Crippen molar-refractivity contribution >= 4 is 0 Å². The van der Waals surface area contributed by atoms with Crippen LogP contribution in [0.15, 0.2) is 23.9 Å². The first-order chi connectivity index (χ1) is 6.45. The van der Waals surface area contributed by atoms with Crippen LogP contribution in [0.3, 0.4) is 0 Å². The predicted octanol–water partition coefficient (Wildman–Crippen LogP) is 1.94. The number of hydrogen-bond donors (Lipinski definition) is 0. The molecule has 72 valence electrons. The quantitative estimate of drug-likeness (QED) is 0.570. The van der Waals surface area contributed by atoms with Crippen LogP contribution in [0.25, 0.3) is 0 Å². The Labute approximate surface area is 79.9 Å². The highest BCUT2D eigenvalue weighted by Crippen LogP contribution is 2.17. The Balaban J connectivity index is 1.89. The topological polar surface area (TPSA) is 12.5 Å². The third-order valence-electron chi connectivity index (χ3n) is 2.59. The summed E-state index contributed by atoms with van der Waals surface area (Å²) in [6.45, 7) is 3.90. The van der Waals surface area contributed by atoms with Crippen LogP contribution in [0.2, 0.25) is 0 Å². The molecule has 2 aliphatic rings. The van der Waals surface area contributed by atoms with Gasteiger partial charge in [-0.25, -0.2) is 0 Å². The fourth-order valence-corrected chi connectivity index (χ4v) is 1.81. The standard InChI is InChI=1S/C11H17NO/c1-2-4-11(5-3-1)10-12-6-8-13-9-7-12/h1-2,10H,3-9H2/b11-10+. The summed E-state index contributed by atoms with van der Waals surface area (Å²) in [5, 5.41) is 0. The second-order valence-corrected chi connectivity index (χ2v) is 3.65. The summed E-state index contributed by atoms with van der Waals surface area (Å²) in [4.78, 5) is 2.39. The van der Waals surface area contributed by atoms with Crippen LogP contribution in [0.1, 0.15) is 19.3 Å². The van der Waals surface area contributed by atoms with Gasteiger partial charge < -0.3 is 9.64 Å². The first-order valence-electron chi connectivity index (χ1n) is 5.11. The molecule has 0 bridgehead atoms. The van der Waals surface area contributed by atoms with Crippen molar-refractivity contribution in [3.8, 4) is 0 Å². The second kappa shape index (κ2) is 4.47. The van der Waals surface area contributed by atoms with Crippen molar-refractivity contribution in [3.63, 3.8) is 0 Å². The monoisotopic (exact) mass is 179 g/mol. The molecule has 2 heteroatoms. The number of morpholine rings is 1. The van der Waals surface area contributed by atoms with Gasteiger partial charge in [-0.3, -0.25) is 0 Å². The van der Waals surface area contributed by atoms with E-state index >= 15 is 0 Å². The van der Waals surface area contributed by atoms with E-state index < -0.39 is 0 Å². The van der Waals surface area contributed by atoms with Crippen LogP contribution in [0.5, 0.6) is 0 Å². The third-order valence-corrected chi connectivity index (χ3v) is 2.59. The lowest BCUT2D eigenvalue weighted by molar-refractivity contribution is 0.0589. The maximum Gasteiger partial charge on any atom is 0.0642 e. The van der Waals surface area contributed by atoms with E-state index in [2.05, 4.69) is 23.3 Å². The van der Waals surface area contributed by atoms with Crippen molar-refractivity contribution in [2.45, 2.75) is 19.3 Å². The average molecular weight is 179 g/mol. The second-order valence-electron chi connectivity index (χ2n) is 3.65. The molecule has 0 N–H and O–H groups in total. The van der Waals surface area contributed by atoms with Crippen LogP contribution in [-0.2, 0) is 4.74 Å². The minimum atomic E-state index is 0.889. The van der Waals surface area contributed by atoms with Gasteiger partial charge >= 0.3 is 0 Å². The molecule has 0 aromatic carbocycles. The largest absolute Gasteiger partial charge is 0.378 e. The van der Waals surface area contributed by atoms with Crippen LogP contribution in [0, 0.1) is 0 Å². The Morgan fingerprint density at radius 2 is 2.08 bits per heavy atom. The highest BCUT2D eigenvalue weighted by atomic mass is 16.5. The lowest BCUT2D eigenvalue weighted by Crippen LogP contribution is -2.32. The summed E-state index contributed by atoms with van der Waals surface area (Å²) in [6, 6.07) is 0. The summed E-state index contributed by atoms with van der Waals surface area (Å²) in [7, 11) is 0. The van der Waals surface area contributed by atoms with E-state index in [1.54, 1.807) is 5.57 Å². The summed E-state index contributed by atoms with van der Waals surface area (Å²) in [5.74, 6) is 0. The third kappa shape index (κ3) is 2.59. The van der Waals surface area contributed by atoms with Gasteiger partial charge in [0, 0.05) is 13.1 Å². The summed E-state index contributed by atoms with van der Waals surface area (Å²) < 4.78 is 5.30. The normalized spacial score (nSPS) is 26.8. The predicted molar refractivity (Wildman–Crippen MR) is 53.5 cm³/mol. The molecule has 0 aromatic rings. The fraction of sp³-hybridized carbons (Fsp3) is 0.636. The molecule has 0 radical (unpaired) electrons. The minimum absolute atomic E-state index is 0.889. The Morgan fingerprint density at radius 1 is 1.23 bits per heavy atom. The molecular weight excluding hydrogens is 162 g/mol. The van der Waals surface area contributed by atoms with Gasteiger partial charge in [-0.2, -0.15) is 0 Å². The average Bonchev–Trinajstić information content (AvgIpc) is 2.21. The first-order valence-corrected chi connectivity index (χ1v) is 5.11. The molecular formula is C11H17NO. The maximum atomic E-state index is 5.30. The molecule has 0 amide bonds. The van der Waals surface area contributed by atoms with Crippen molar-refractivity contribution in [2.75, 3.05) is 26.3 Å². The van der Waals surface area contributed by atoms with E-state index in [1.807, 2.05) is 0 Å². The number of nitrogens with zero attached hydrogens (tertiary/aromatic N) is 1. The van der Waals surface area contributed by atoms with Crippen molar-refractivity contribution in [1.82, 2.24) is 4.90 Å². The first kappa shape index (κ1) is 8.82. The van der Waals surface area contributed by atoms with Gasteiger partial charge in [0.2, 0.25) is 0 Å². The van der Waals surface area contributed by atoms with Gasteiger partial charge in [0.1, 0.15) is 0 Å². The number of rotatable bonds is 1. The SMILES string of the molecule is C1=CC/C(=C\N2CCOCC2)CC1. The van der Waals surface area contributed by atoms with E-state index in [4.69, 9.17) is 4.74 Å². The van der Waals surface area contributed by atoms with Gasteiger partial charge in [0.15, 0.2) is 0 Å². The Hall–Kier alpha value is -0.760. The molecule has 2 rings (SSSR count). The van der Waals surface area contributed by atoms with Crippen molar-refractivity contribution < 1.29 is 4.74 Å². The Bertz CT molecular complexity index is 214. The highest BCUT2D eigenvalue weighted by molar-refractivity contribution is 5.12. The lowest BCUT2D eigenvalue weighted by Gasteiger charge is -2.26. The van der Waals surface area contributed by atoms with Crippen LogP contribution >= 0.6 is 0 Å². The van der Waals surface area contributed by atoms with Crippen LogP contribution < -0.4 is 0 Å². The summed E-state index contributed by atoms with van der Waals surface area (Å²) in [5.41, 5.74) is 1.57. The maximum absolute atomic E-state index is 5.30. The smallest absolute Gasteiger partial charge is 0.0642 e. The summed E-state index contributed by atoms with van der Waals surface area (Å²) in [6.07, 6.45) is 10.5. The Morgan fingerprint density at radius 3 is 2.77 bits per heavy atom. The lowest BCUT2D eigenvalue weighted by atomic mass is 10.0. The zero-order chi connectivity index (χ0) is 8.93. The van der Waals surface area contributed by atoms with Crippen molar-refractivity contribution in [2.24, 2.45) is 0 Å². The zero-order valence-corrected chi connectivity index (χ0v) is 8.04. The van der Waals surface area contributed by atoms with Gasteiger partial charge in [-0.1, -0.05) is 17.7 Å². The number of ether oxygens (including phenoxy) is 1. The van der Waals surface area contributed by atoms with E-state index in [9.17, 15) is 0 Å².